The number of rotatable bonds is 8. The lowest BCUT2D eigenvalue weighted by atomic mass is 10.1. The Labute approximate surface area is 156 Å². The molecule has 0 unspecified atom stereocenters. The summed E-state index contributed by atoms with van der Waals surface area (Å²) in [6.45, 7) is 0.0694. The van der Waals surface area contributed by atoms with Gasteiger partial charge in [-0.05, 0) is 12.8 Å². The molecule has 140 valence electrons. The first-order valence-corrected chi connectivity index (χ1v) is 8.72. The van der Waals surface area contributed by atoms with E-state index in [0.717, 1.165) is 12.8 Å². The Morgan fingerprint density at radius 1 is 1.15 bits per heavy atom. The van der Waals surface area contributed by atoms with E-state index in [4.69, 9.17) is 4.74 Å². The van der Waals surface area contributed by atoms with Gasteiger partial charge in [-0.25, -0.2) is 4.98 Å². The van der Waals surface area contributed by atoms with Gasteiger partial charge in [0.25, 0.3) is 11.8 Å². The van der Waals surface area contributed by atoms with E-state index >= 15 is 0 Å². The second kappa shape index (κ2) is 8.88. The van der Waals surface area contributed by atoms with Crippen molar-refractivity contribution in [3.63, 3.8) is 0 Å². The van der Waals surface area contributed by atoms with Crippen LogP contribution in [-0.2, 0) is 14.3 Å². The van der Waals surface area contributed by atoms with E-state index in [9.17, 15) is 14.4 Å². The molecule has 0 saturated heterocycles. The van der Waals surface area contributed by atoms with Crippen molar-refractivity contribution in [2.24, 2.45) is 0 Å². The lowest BCUT2D eigenvalue weighted by Crippen LogP contribution is -2.34. The van der Waals surface area contributed by atoms with Gasteiger partial charge in [0.2, 0.25) is 6.10 Å². The second-order valence-electron chi connectivity index (χ2n) is 6.16. The molecular formula is C19H20N4O4. The van der Waals surface area contributed by atoms with Crippen molar-refractivity contribution in [3.8, 4) is 0 Å². The van der Waals surface area contributed by atoms with Gasteiger partial charge in [-0.1, -0.05) is 30.3 Å². The number of nitrogens with one attached hydrogen (secondary N) is 2. The molecule has 1 saturated carbocycles. The number of carbonyl (C=O) groups is 3. The molecule has 1 aliphatic carbocycles. The van der Waals surface area contributed by atoms with Crippen LogP contribution in [-0.4, -0.2) is 40.3 Å². The summed E-state index contributed by atoms with van der Waals surface area (Å²) in [5, 5.41) is 5.42. The maximum atomic E-state index is 12.4. The maximum absolute atomic E-state index is 12.4. The minimum atomic E-state index is -1.00. The van der Waals surface area contributed by atoms with Crippen molar-refractivity contribution < 1.29 is 19.1 Å². The molecule has 0 bridgehead atoms. The Balaban J connectivity index is 1.52. The zero-order chi connectivity index (χ0) is 19.1. The van der Waals surface area contributed by atoms with Gasteiger partial charge >= 0.3 is 5.97 Å². The lowest BCUT2D eigenvalue weighted by Gasteiger charge is -2.18. The van der Waals surface area contributed by atoms with E-state index in [2.05, 4.69) is 20.6 Å². The van der Waals surface area contributed by atoms with Crippen LogP contribution in [0.4, 0.5) is 0 Å². The Kier molecular flexibility index (Phi) is 6.09. The SMILES string of the molecule is O=C(CCNC(=O)c1cnccn1)O[C@@H](C(=O)NC1CC1)c1ccccc1. The first kappa shape index (κ1) is 18.5. The molecule has 3 rings (SSSR count). The number of aromatic nitrogens is 2. The van der Waals surface area contributed by atoms with Crippen LogP contribution >= 0.6 is 0 Å². The van der Waals surface area contributed by atoms with Crippen LogP contribution in [0.5, 0.6) is 0 Å². The van der Waals surface area contributed by atoms with Gasteiger partial charge < -0.3 is 15.4 Å². The number of hydrogen-bond acceptors (Lipinski definition) is 6. The van der Waals surface area contributed by atoms with E-state index in [0.29, 0.717) is 5.56 Å². The Bertz CT molecular complexity index is 794. The van der Waals surface area contributed by atoms with Crippen molar-refractivity contribution in [2.75, 3.05) is 6.54 Å². The highest BCUT2D eigenvalue weighted by Crippen LogP contribution is 2.23. The van der Waals surface area contributed by atoms with Crippen molar-refractivity contribution in [2.45, 2.75) is 31.4 Å². The van der Waals surface area contributed by atoms with Crippen molar-refractivity contribution in [1.82, 2.24) is 20.6 Å². The highest BCUT2D eigenvalue weighted by Gasteiger charge is 2.30. The minimum absolute atomic E-state index is 0.0634. The second-order valence-corrected chi connectivity index (χ2v) is 6.16. The number of ether oxygens (including phenoxy) is 1. The maximum Gasteiger partial charge on any atom is 0.308 e. The standard InChI is InChI=1S/C19H20N4O4/c24-16(8-9-22-18(25)15-12-20-10-11-21-15)27-17(13-4-2-1-3-5-13)19(26)23-14-6-7-14/h1-5,10-12,14,17H,6-9H2,(H,22,25)(H,23,26)/t17-/m1/s1. The summed E-state index contributed by atoms with van der Waals surface area (Å²) >= 11 is 0. The molecule has 1 aromatic carbocycles. The average molecular weight is 368 g/mol. The smallest absolute Gasteiger partial charge is 0.308 e. The summed E-state index contributed by atoms with van der Waals surface area (Å²) in [6, 6.07) is 9.02. The molecule has 2 N–H and O–H groups in total. The number of benzene rings is 1. The number of nitrogens with zero attached hydrogens (tertiary/aromatic N) is 2. The summed E-state index contributed by atoms with van der Waals surface area (Å²) in [5.74, 6) is -1.34. The fraction of sp³-hybridized carbons (Fsp3) is 0.316. The number of hydrogen-bond donors (Lipinski definition) is 2. The topological polar surface area (TPSA) is 110 Å². The predicted octanol–water partition coefficient (Wildman–Crippen LogP) is 1.16. The molecule has 1 aromatic heterocycles. The van der Waals surface area contributed by atoms with Gasteiger partial charge in [0.05, 0.1) is 12.6 Å². The Hall–Kier alpha value is -3.29. The van der Waals surface area contributed by atoms with Gasteiger partial charge in [0, 0.05) is 30.5 Å². The fourth-order valence-electron chi connectivity index (χ4n) is 2.38. The Morgan fingerprint density at radius 3 is 2.59 bits per heavy atom. The highest BCUT2D eigenvalue weighted by atomic mass is 16.5. The monoisotopic (exact) mass is 368 g/mol. The van der Waals surface area contributed by atoms with Crippen molar-refractivity contribution >= 4 is 17.8 Å². The fourth-order valence-corrected chi connectivity index (χ4v) is 2.38. The summed E-state index contributed by atoms with van der Waals surface area (Å²) in [4.78, 5) is 44.2. The van der Waals surface area contributed by atoms with Crippen LogP contribution < -0.4 is 10.6 Å². The molecule has 0 aliphatic heterocycles. The lowest BCUT2D eigenvalue weighted by molar-refractivity contribution is -0.156. The van der Waals surface area contributed by atoms with Crippen LogP contribution in [0.1, 0.15) is 41.4 Å². The molecule has 1 fully saturated rings. The number of carbonyl (C=O) groups excluding carboxylic acids is 3. The van der Waals surface area contributed by atoms with Gasteiger partial charge in [-0.15, -0.1) is 0 Å². The zero-order valence-electron chi connectivity index (χ0n) is 14.6. The first-order chi connectivity index (χ1) is 13.1. The quantitative estimate of drug-likeness (QED) is 0.677. The van der Waals surface area contributed by atoms with Gasteiger partial charge in [0.15, 0.2) is 0 Å². The molecule has 8 nitrogen and oxygen atoms in total. The van der Waals surface area contributed by atoms with Gasteiger partial charge in [-0.3, -0.25) is 19.4 Å². The highest BCUT2D eigenvalue weighted by molar-refractivity contribution is 5.92. The molecular weight excluding hydrogens is 348 g/mol. The van der Waals surface area contributed by atoms with Crippen molar-refractivity contribution in [3.05, 3.63) is 60.2 Å². The molecule has 27 heavy (non-hydrogen) atoms. The third-order valence-electron chi connectivity index (χ3n) is 3.92. The van der Waals surface area contributed by atoms with Crippen LogP contribution in [0, 0.1) is 0 Å². The molecule has 1 atom stereocenters. The van der Waals surface area contributed by atoms with Crippen LogP contribution in [0.3, 0.4) is 0 Å². The predicted molar refractivity (Wildman–Crippen MR) is 95.4 cm³/mol. The van der Waals surface area contributed by atoms with Crippen molar-refractivity contribution in [1.29, 1.82) is 0 Å². The molecule has 2 aromatic rings. The van der Waals surface area contributed by atoms with Crippen LogP contribution in [0.2, 0.25) is 0 Å². The summed E-state index contributed by atoms with van der Waals surface area (Å²) in [5.41, 5.74) is 0.768. The van der Waals surface area contributed by atoms with E-state index in [1.807, 2.05) is 6.07 Å². The summed E-state index contributed by atoms with van der Waals surface area (Å²) < 4.78 is 5.38. The van der Waals surface area contributed by atoms with Gasteiger partial charge in [-0.2, -0.15) is 0 Å². The zero-order valence-corrected chi connectivity index (χ0v) is 14.6. The van der Waals surface area contributed by atoms with Crippen LogP contribution in [0.15, 0.2) is 48.9 Å². The first-order valence-electron chi connectivity index (χ1n) is 8.72. The van der Waals surface area contributed by atoms with E-state index in [1.54, 1.807) is 24.3 Å². The van der Waals surface area contributed by atoms with Gasteiger partial charge in [0.1, 0.15) is 5.69 Å². The third-order valence-corrected chi connectivity index (χ3v) is 3.92. The largest absolute Gasteiger partial charge is 0.447 e. The average Bonchev–Trinajstić information content (AvgIpc) is 3.51. The molecule has 1 aliphatic rings. The third kappa shape index (κ3) is 5.60. The van der Waals surface area contributed by atoms with E-state index in [1.165, 1.54) is 18.6 Å². The molecule has 0 spiro atoms. The number of esters is 1. The minimum Gasteiger partial charge on any atom is -0.447 e. The number of amides is 2. The molecule has 1 heterocycles. The van der Waals surface area contributed by atoms with Crippen LogP contribution in [0.25, 0.3) is 0 Å². The summed E-state index contributed by atoms with van der Waals surface area (Å²) in [6.07, 6.45) is 5.02. The summed E-state index contributed by atoms with van der Waals surface area (Å²) in [7, 11) is 0. The Morgan fingerprint density at radius 2 is 1.93 bits per heavy atom. The molecule has 2 amide bonds. The molecule has 0 radical (unpaired) electrons. The molecule has 8 heteroatoms. The van der Waals surface area contributed by atoms with E-state index in [-0.39, 0.29) is 30.6 Å². The normalized spacial score (nSPS) is 14.1. The van der Waals surface area contributed by atoms with E-state index < -0.39 is 18.0 Å².